The van der Waals surface area contributed by atoms with Gasteiger partial charge in [0.2, 0.25) is 0 Å². The fourth-order valence-electron chi connectivity index (χ4n) is 2.51. The molecule has 1 aliphatic rings. The first-order valence-electron chi connectivity index (χ1n) is 7.50. The highest BCUT2D eigenvalue weighted by Gasteiger charge is 2.33. The van der Waals surface area contributed by atoms with Gasteiger partial charge in [0.1, 0.15) is 0 Å². The smallest absolute Gasteiger partial charge is 0.362 e. The molecule has 0 unspecified atom stereocenters. The first kappa shape index (κ1) is 18.3. The van der Waals surface area contributed by atoms with Gasteiger partial charge in [-0.05, 0) is 69.3 Å². The maximum Gasteiger partial charge on any atom is 0.417 e. The number of alkyl halides is 3. The van der Waals surface area contributed by atoms with Gasteiger partial charge in [-0.1, -0.05) is 11.6 Å². The second-order valence-corrected chi connectivity index (χ2v) is 6.29. The Kier molecular flexibility index (Phi) is 6.50. The summed E-state index contributed by atoms with van der Waals surface area (Å²) in [4.78, 5) is 2.40. The first-order chi connectivity index (χ1) is 10.9. The van der Waals surface area contributed by atoms with Crippen molar-refractivity contribution in [3.05, 3.63) is 28.8 Å². The lowest BCUT2D eigenvalue weighted by atomic mass is 10.2. The van der Waals surface area contributed by atoms with E-state index in [-0.39, 0.29) is 10.7 Å². The molecular formula is C15H19ClF3N3S. The molecule has 0 bridgehead atoms. The minimum atomic E-state index is -4.49. The van der Waals surface area contributed by atoms with Crippen molar-refractivity contribution < 1.29 is 13.2 Å². The third-order valence-electron chi connectivity index (χ3n) is 3.66. The Morgan fingerprint density at radius 1 is 1.26 bits per heavy atom. The zero-order valence-electron chi connectivity index (χ0n) is 12.5. The molecule has 128 valence electrons. The quantitative estimate of drug-likeness (QED) is 0.606. The van der Waals surface area contributed by atoms with Crippen LogP contribution >= 0.6 is 23.8 Å². The van der Waals surface area contributed by atoms with Crippen LogP contribution in [0, 0.1) is 0 Å². The van der Waals surface area contributed by atoms with E-state index in [0.29, 0.717) is 11.7 Å². The van der Waals surface area contributed by atoms with E-state index in [1.807, 2.05) is 0 Å². The van der Waals surface area contributed by atoms with Gasteiger partial charge in [0.15, 0.2) is 5.11 Å². The van der Waals surface area contributed by atoms with Crippen LogP contribution in [-0.2, 0) is 6.18 Å². The van der Waals surface area contributed by atoms with Crippen molar-refractivity contribution in [2.75, 3.05) is 31.5 Å². The van der Waals surface area contributed by atoms with Crippen LogP contribution < -0.4 is 10.6 Å². The Hall–Kier alpha value is -1.05. The Balaban J connectivity index is 1.78. The Morgan fingerprint density at radius 2 is 1.96 bits per heavy atom. The van der Waals surface area contributed by atoms with Gasteiger partial charge < -0.3 is 15.5 Å². The molecule has 1 aromatic rings. The van der Waals surface area contributed by atoms with E-state index in [1.54, 1.807) is 0 Å². The van der Waals surface area contributed by atoms with Crippen molar-refractivity contribution in [2.45, 2.75) is 25.4 Å². The third-order valence-corrected chi connectivity index (χ3v) is 4.24. The van der Waals surface area contributed by atoms with Crippen LogP contribution in [0.15, 0.2) is 18.2 Å². The number of anilines is 1. The summed E-state index contributed by atoms with van der Waals surface area (Å²) >= 11 is 10.7. The lowest BCUT2D eigenvalue weighted by Gasteiger charge is -2.16. The molecule has 1 fully saturated rings. The van der Waals surface area contributed by atoms with Crippen molar-refractivity contribution in [2.24, 2.45) is 0 Å². The van der Waals surface area contributed by atoms with Crippen LogP contribution in [0.5, 0.6) is 0 Å². The molecule has 1 saturated heterocycles. The molecule has 2 rings (SSSR count). The number of benzene rings is 1. The molecule has 8 heteroatoms. The van der Waals surface area contributed by atoms with Crippen LogP contribution in [-0.4, -0.2) is 36.2 Å². The SMILES string of the molecule is FC(F)(F)c1cc(NC(=S)NCCCN2CCCC2)ccc1Cl. The summed E-state index contributed by atoms with van der Waals surface area (Å²) in [5.41, 5.74) is -0.611. The van der Waals surface area contributed by atoms with Crippen molar-refractivity contribution in [3.63, 3.8) is 0 Å². The Bertz CT molecular complexity index is 545. The molecule has 2 N–H and O–H groups in total. The molecule has 23 heavy (non-hydrogen) atoms. The number of likely N-dealkylation sites (tertiary alicyclic amines) is 1. The molecule has 1 aliphatic heterocycles. The van der Waals surface area contributed by atoms with Crippen molar-refractivity contribution >= 4 is 34.6 Å². The van der Waals surface area contributed by atoms with Gasteiger partial charge >= 0.3 is 6.18 Å². The lowest BCUT2D eigenvalue weighted by Crippen LogP contribution is -2.31. The minimum Gasteiger partial charge on any atom is -0.362 e. The molecule has 0 aromatic heterocycles. The molecule has 0 amide bonds. The van der Waals surface area contributed by atoms with Crippen LogP contribution in [0.25, 0.3) is 0 Å². The zero-order valence-corrected chi connectivity index (χ0v) is 14.1. The predicted molar refractivity (Wildman–Crippen MR) is 91.0 cm³/mol. The fraction of sp³-hybridized carbons (Fsp3) is 0.533. The average molecular weight is 366 g/mol. The number of hydrogen-bond donors (Lipinski definition) is 2. The number of halogens is 4. The van der Waals surface area contributed by atoms with E-state index >= 15 is 0 Å². The van der Waals surface area contributed by atoms with Crippen molar-refractivity contribution in [1.29, 1.82) is 0 Å². The normalized spacial score (nSPS) is 15.7. The summed E-state index contributed by atoms with van der Waals surface area (Å²) in [6.07, 6.45) is -1.03. The second kappa shape index (κ2) is 8.17. The summed E-state index contributed by atoms with van der Waals surface area (Å²) < 4.78 is 38.4. The van der Waals surface area contributed by atoms with Gasteiger partial charge in [-0.3, -0.25) is 0 Å². The van der Waals surface area contributed by atoms with Crippen LogP contribution in [0.1, 0.15) is 24.8 Å². The monoisotopic (exact) mass is 365 g/mol. The molecule has 0 radical (unpaired) electrons. The van der Waals surface area contributed by atoms with Gasteiger partial charge in [0, 0.05) is 12.2 Å². The lowest BCUT2D eigenvalue weighted by molar-refractivity contribution is -0.137. The van der Waals surface area contributed by atoms with Gasteiger partial charge in [0.25, 0.3) is 0 Å². The summed E-state index contributed by atoms with van der Waals surface area (Å²) in [6.45, 7) is 3.98. The Labute approximate surface area is 144 Å². The number of thiocarbonyl (C=S) groups is 1. The standard InChI is InChI=1S/C15H19ClF3N3S/c16-13-5-4-11(10-12(13)15(17,18)19)21-14(23)20-6-3-9-22-7-1-2-8-22/h4-5,10H,1-3,6-9H2,(H2,20,21,23). The maximum absolute atomic E-state index is 12.8. The number of nitrogens with zero attached hydrogens (tertiary/aromatic N) is 1. The van der Waals surface area contributed by atoms with E-state index in [4.69, 9.17) is 23.8 Å². The number of rotatable bonds is 5. The van der Waals surface area contributed by atoms with E-state index in [0.717, 1.165) is 32.1 Å². The average Bonchev–Trinajstić information content (AvgIpc) is 2.98. The molecule has 3 nitrogen and oxygen atoms in total. The van der Waals surface area contributed by atoms with Crippen molar-refractivity contribution in [3.8, 4) is 0 Å². The molecule has 0 atom stereocenters. The highest BCUT2D eigenvalue weighted by atomic mass is 35.5. The van der Waals surface area contributed by atoms with E-state index in [1.165, 1.54) is 25.0 Å². The molecule has 0 saturated carbocycles. The summed E-state index contributed by atoms with van der Waals surface area (Å²) in [6, 6.07) is 3.64. The van der Waals surface area contributed by atoms with Gasteiger partial charge in [-0.25, -0.2) is 0 Å². The van der Waals surface area contributed by atoms with Crippen molar-refractivity contribution in [1.82, 2.24) is 10.2 Å². The number of hydrogen-bond acceptors (Lipinski definition) is 2. The van der Waals surface area contributed by atoms with E-state index in [9.17, 15) is 13.2 Å². The summed E-state index contributed by atoms with van der Waals surface area (Å²) in [5, 5.41) is 5.75. The molecule has 1 aromatic carbocycles. The van der Waals surface area contributed by atoms with Gasteiger partial charge in [-0.2, -0.15) is 13.2 Å². The molecule has 0 aliphatic carbocycles. The topological polar surface area (TPSA) is 27.3 Å². The van der Waals surface area contributed by atoms with E-state index in [2.05, 4.69) is 15.5 Å². The fourth-order valence-corrected chi connectivity index (χ4v) is 2.95. The highest BCUT2D eigenvalue weighted by molar-refractivity contribution is 7.80. The zero-order chi connectivity index (χ0) is 16.9. The first-order valence-corrected chi connectivity index (χ1v) is 8.29. The van der Waals surface area contributed by atoms with Crippen LogP contribution in [0.2, 0.25) is 5.02 Å². The largest absolute Gasteiger partial charge is 0.417 e. The van der Waals surface area contributed by atoms with Gasteiger partial charge in [-0.15, -0.1) is 0 Å². The molecule has 1 heterocycles. The summed E-state index contributed by atoms with van der Waals surface area (Å²) in [7, 11) is 0. The predicted octanol–water partition coefficient (Wildman–Crippen LogP) is 4.13. The second-order valence-electron chi connectivity index (χ2n) is 5.48. The summed E-state index contributed by atoms with van der Waals surface area (Å²) in [5.74, 6) is 0. The van der Waals surface area contributed by atoms with Gasteiger partial charge in [0.05, 0.1) is 10.6 Å². The molecule has 0 spiro atoms. The van der Waals surface area contributed by atoms with Crippen LogP contribution in [0.4, 0.5) is 18.9 Å². The molecular weight excluding hydrogens is 347 g/mol. The minimum absolute atomic E-state index is 0.263. The highest BCUT2D eigenvalue weighted by Crippen LogP contribution is 2.36. The van der Waals surface area contributed by atoms with Crippen LogP contribution in [0.3, 0.4) is 0 Å². The van der Waals surface area contributed by atoms with E-state index < -0.39 is 11.7 Å². The Morgan fingerprint density at radius 3 is 2.61 bits per heavy atom. The number of nitrogens with one attached hydrogen (secondary N) is 2. The third kappa shape index (κ3) is 5.82. The maximum atomic E-state index is 12.8.